The van der Waals surface area contributed by atoms with Crippen molar-refractivity contribution in [3.05, 3.63) is 60.2 Å². The van der Waals surface area contributed by atoms with Gasteiger partial charge in [-0.15, -0.1) is 0 Å². The standard InChI is InChI=1S/C16H19FN2O2/c1-11(15(20)13-5-7-14(17)8-6-13)18-16(21)12(2)19-9-3-4-10-19/h3-12,15,20H,1-2H3,(H,18,21)/t11-,12+,15+/m0/s1. The summed E-state index contributed by atoms with van der Waals surface area (Å²) in [5.74, 6) is -0.538. The van der Waals surface area contributed by atoms with Crippen LogP contribution in [-0.4, -0.2) is 21.6 Å². The molecule has 2 N–H and O–H groups in total. The number of halogens is 1. The molecule has 0 spiro atoms. The fourth-order valence-corrected chi connectivity index (χ4v) is 2.11. The maximum atomic E-state index is 12.9. The number of aliphatic hydroxyl groups excluding tert-OH is 1. The van der Waals surface area contributed by atoms with E-state index in [2.05, 4.69) is 5.32 Å². The number of aromatic nitrogens is 1. The van der Waals surface area contributed by atoms with Gasteiger partial charge in [0.2, 0.25) is 5.91 Å². The molecule has 0 bridgehead atoms. The van der Waals surface area contributed by atoms with Gasteiger partial charge in [-0.2, -0.15) is 0 Å². The first kappa shape index (κ1) is 15.3. The molecule has 4 nitrogen and oxygen atoms in total. The number of rotatable bonds is 5. The molecule has 2 rings (SSSR count). The molecular weight excluding hydrogens is 271 g/mol. The summed E-state index contributed by atoms with van der Waals surface area (Å²) in [5.41, 5.74) is 0.567. The molecule has 112 valence electrons. The van der Waals surface area contributed by atoms with Crippen molar-refractivity contribution < 1.29 is 14.3 Å². The largest absolute Gasteiger partial charge is 0.386 e. The summed E-state index contributed by atoms with van der Waals surface area (Å²) in [6.07, 6.45) is 2.74. The number of carbonyl (C=O) groups is 1. The van der Waals surface area contributed by atoms with Gasteiger partial charge in [0.15, 0.2) is 0 Å². The molecule has 0 fully saturated rings. The van der Waals surface area contributed by atoms with Gasteiger partial charge in [-0.05, 0) is 43.7 Å². The van der Waals surface area contributed by atoms with Crippen molar-refractivity contribution >= 4 is 5.91 Å². The van der Waals surface area contributed by atoms with E-state index in [4.69, 9.17) is 0 Å². The van der Waals surface area contributed by atoms with Crippen LogP contribution >= 0.6 is 0 Å². The molecule has 1 heterocycles. The number of nitrogens with zero attached hydrogens (tertiary/aromatic N) is 1. The van der Waals surface area contributed by atoms with E-state index in [1.165, 1.54) is 24.3 Å². The van der Waals surface area contributed by atoms with Gasteiger partial charge in [0.05, 0.1) is 12.1 Å². The minimum Gasteiger partial charge on any atom is -0.386 e. The molecule has 0 aliphatic heterocycles. The Bertz CT molecular complexity index is 581. The van der Waals surface area contributed by atoms with Gasteiger partial charge >= 0.3 is 0 Å². The zero-order valence-electron chi connectivity index (χ0n) is 12.0. The highest BCUT2D eigenvalue weighted by molar-refractivity contribution is 5.80. The van der Waals surface area contributed by atoms with Crippen LogP contribution in [0.1, 0.15) is 31.6 Å². The zero-order valence-corrected chi connectivity index (χ0v) is 12.0. The summed E-state index contributed by atoms with van der Waals surface area (Å²) in [6, 6.07) is 8.46. The Morgan fingerprint density at radius 3 is 2.33 bits per heavy atom. The second-order valence-electron chi connectivity index (χ2n) is 5.10. The summed E-state index contributed by atoms with van der Waals surface area (Å²) in [4.78, 5) is 12.1. The maximum absolute atomic E-state index is 12.9. The maximum Gasteiger partial charge on any atom is 0.243 e. The van der Waals surface area contributed by atoms with Crippen LogP contribution in [-0.2, 0) is 4.79 Å². The molecule has 2 aromatic rings. The van der Waals surface area contributed by atoms with Gasteiger partial charge in [0.1, 0.15) is 11.9 Å². The molecule has 0 radical (unpaired) electrons. The van der Waals surface area contributed by atoms with E-state index < -0.39 is 12.1 Å². The number of carbonyl (C=O) groups excluding carboxylic acids is 1. The van der Waals surface area contributed by atoms with Crippen LogP contribution in [0.25, 0.3) is 0 Å². The zero-order chi connectivity index (χ0) is 15.4. The van der Waals surface area contributed by atoms with Gasteiger partial charge in [-0.3, -0.25) is 4.79 Å². The summed E-state index contributed by atoms with van der Waals surface area (Å²) in [5, 5.41) is 13.0. The molecule has 1 aromatic carbocycles. The van der Waals surface area contributed by atoms with Gasteiger partial charge in [0, 0.05) is 12.4 Å². The van der Waals surface area contributed by atoms with Crippen molar-refractivity contribution in [3.63, 3.8) is 0 Å². The summed E-state index contributed by atoms with van der Waals surface area (Å²) < 4.78 is 14.7. The van der Waals surface area contributed by atoms with Crippen molar-refractivity contribution in [1.29, 1.82) is 0 Å². The molecular formula is C16H19FN2O2. The number of hydrogen-bond donors (Lipinski definition) is 2. The third-order valence-electron chi connectivity index (χ3n) is 3.51. The average Bonchev–Trinajstić information content (AvgIpc) is 3.00. The number of amides is 1. The lowest BCUT2D eigenvalue weighted by Crippen LogP contribution is -2.40. The summed E-state index contributed by atoms with van der Waals surface area (Å²) in [7, 11) is 0. The SMILES string of the molecule is C[C@H](NC(=O)[C@@H](C)n1cccc1)[C@@H](O)c1ccc(F)cc1. The molecule has 0 unspecified atom stereocenters. The fourth-order valence-electron chi connectivity index (χ4n) is 2.11. The molecule has 5 heteroatoms. The normalized spacial score (nSPS) is 15.2. The first-order valence-electron chi connectivity index (χ1n) is 6.85. The number of benzene rings is 1. The van der Waals surface area contributed by atoms with Crippen molar-refractivity contribution in [1.82, 2.24) is 9.88 Å². The molecule has 0 saturated carbocycles. The minimum atomic E-state index is -0.883. The molecule has 0 saturated heterocycles. The van der Waals surface area contributed by atoms with Gasteiger partial charge in [-0.25, -0.2) is 4.39 Å². The fraction of sp³-hybridized carbons (Fsp3) is 0.312. The van der Waals surface area contributed by atoms with Crippen LogP contribution in [0, 0.1) is 5.82 Å². The van der Waals surface area contributed by atoms with E-state index in [1.807, 2.05) is 24.5 Å². The molecule has 1 amide bonds. The van der Waals surface area contributed by atoms with Gasteiger partial charge in [0.25, 0.3) is 0 Å². The van der Waals surface area contributed by atoms with Crippen LogP contribution < -0.4 is 5.32 Å². The average molecular weight is 290 g/mol. The van der Waals surface area contributed by atoms with Crippen molar-refractivity contribution in [3.8, 4) is 0 Å². The Morgan fingerprint density at radius 2 is 1.76 bits per heavy atom. The lowest BCUT2D eigenvalue weighted by molar-refractivity contribution is -0.125. The molecule has 0 aliphatic rings. The predicted octanol–water partition coefficient (Wildman–Crippen LogP) is 2.43. The second kappa shape index (κ2) is 6.54. The van der Waals surface area contributed by atoms with E-state index in [9.17, 15) is 14.3 Å². The molecule has 3 atom stereocenters. The van der Waals surface area contributed by atoms with Crippen LogP contribution in [0.4, 0.5) is 4.39 Å². The Balaban J connectivity index is 1.98. The van der Waals surface area contributed by atoms with E-state index in [1.54, 1.807) is 18.4 Å². The highest BCUT2D eigenvalue weighted by atomic mass is 19.1. The smallest absolute Gasteiger partial charge is 0.243 e. The molecule has 0 aliphatic carbocycles. The first-order valence-corrected chi connectivity index (χ1v) is 6.85. The minimum absolute atomic E-state index is 0.181. The van der Waals surface area contributed by atoms with E-state index >= 15 is 0 Å². The number of hydrogen-bond acceptors (Lipinski definition) is 2. The van der Waals surface area contributed by atoms with E-state index in [-0.39, 0.29) is 17.8 Å². The molecule has 21 heavy (non-hydrogen) atoms. The molecule has 1 aromatic heterocycles. The highest BCUT2D eigenvalue weighted by Crippen LogP contribution is 2.18. The monoisotopic (exact) mass is 290 g/mol. The Morgan fingerprint density at radius 1 is 1.19 bits per heavy atom. The Labute approximate surface area is 123 Å². The lowest BCUT2D eigenvalue weighted by Gasteiger charge is -2.23. The Kier molecular flexibility index (Phi) is 4.75. The van der Waals surface area contributed by atoms with Crippen molar-refractivity contribution in [2.45, 2.75) is 32.0 Å². The summed E-state index contributed by atoms with van der Waals surface area (Å²) >= 11 is 0. The van der Waals surface area contributed by atoms with E-state index in [0.717, 1.165) is 0 Å². The van der Waals surface area contributed by atoms with Crippen molar-refractivity contribution in [2.75, 3.05) is 0 Å². The van der Waals surface area contributed by atoms with Gasteiger partial charge < -0.3 is 15.0 Å². The highest BCUT2D eigenvalue weighted by Gasteiger charge is 2.21. The first-order chi connectivity index (χ1) is 9.99. The van der Waals surface area contributed by atoms with Crippen molar-refractivity contribution in [2.24, 2.45) is 0 Å². The second-order valence-corrected chi connectivity index (χ2v) is 5.10. The lowest BCUT2D eigenvalue weighted by atomic mass is 10.0. The Hall–Kier alpha value is -2.14. The van der Waals surface area contributed by atoms with Crippen LogP contribution in [0.3, 0.4) is 0 Å². The van der Waals surface area contributed by atoms with Crippen LogP contribution in [0.15, 0.2) is 48.8 Å². The van der Waals surface area contributed by atoms with Crippen LogP contribution in [0.5, 0.6) is 0 Å². The summed E-state index contributed by atoms with van der Waals surface area (Å²) in [6.45, 7) is 3.50. The number of nitrogens with one attached hydrogen (secondary N) is 1. The third-order valence-corrected chi connectivity index (χ3v) is 3.51. The van der Waals surface area contributed by atoms with Crippen LogP contribution in [0.2, 0.25) is 0 Å². The quantitative estimate of drug-likeness (QED) is 0.888. The topological polar surface area (TPSA) is 54.3 Å². The number of aliphatic hydroxyl groups is 1. The van der Waals surface area contributed by atoms with Gasteiger partial charge in [-0.1, -0.05) is 12.1 Å². The third kappa shape index (κ3) is 3.70. The van der Waals surface area contributed by atoms with E-state index in [0.29, 0.717) is 5.56 Å². The predicted molar refractivity (Wildman–Crippen MR) is 78.1 cm³/mol.